The SMILES string of the molecule is CCC(CCCC1(c2ccccc2)CC1N=S(=O)=O)OC.CNC(=O)NC=O. The van der Waals surface area contributed by atoms with E-state index in [0.717, 1.165) is 32.1 Å². The van der Waals surface area contributed by atoms with E-state index in [1.165, 1.54) is 12.6 Å². The number of hydrogen-bond acceptors (Lipinski definition) is 6. The maximum atomic E-state index is 10.9. The number of methoxy groups -OCH3 is 1. The van der Waals surface area contributed by atoms with Crippen molar-refractivity contribution in [2.75, 3.05) is 14.2 Å². The fourth-order valence-electron chi connectivity index (χ4n) is 3.28. The standard InChI is InChI=1S/C16H23NO3S.C3H6N2O2/c1-3-14(20-2)10-7-11-16(12-15(16)17-21(18)19)13-8-5-4-6-9-13;1-4-3(7)5-2-6/h4-6,8-9,14-15H,3,7,10-12H2,1-2H3;2H,1H3,(H2,4,5,6,7). The summed E-state index contributed by atoms with van der Waals surface area (Å²) in [7, 11) is 0.856. The van der Waals surface area contributed by atoms with Crippen LogP contribution in [-0.2, 0) is 25.4 Å². The number of benzene rings is 1. The number of amides is 3. The van der Waals surface area contributed by atoms with E-state index < -0.39 is 16.5 Å². The van der Waals surface area contributed by atoms with Crippen molar-refractivity contribution < 1.29 is 22.7 Å². The highest BCUT2D eigenvalue weighted by molar-refractivity contribution is 7.61. The van der Waals surface area contributed by atoms with Crippen LogP contribution in [0, 0.1) is 0 Å². The Morgan fingerprint density at radius 1 is 1.39 bits per heavy atom. The Kier molecular flexibility index (Phi) is 10.4. The van der Waals surface area contributed by atoms with Crippen molar-refractivity contribution in [1.29, 1.82) is 0 Å². The van der Waals surface area contributed by atoms with Gasteiger partial charge in [-0.25, -0.2) is 4.79 Å². The molecule has 3 unspecified atom stereocenters. The van der Waals surface area contributed by atoms with Crippen LogP contribution in [0.25, 0.3) is 0 Å². The molecule has 1 saturated carbocycles. The van der Waals surface area contributed by atoms with E-state index in [2.05, 4.69) is 28.7 Å². The lowest BCUT2D eigenvalue weighted by molar-refractivity contribution is -0.108. The molecule has 1 aromatic carbocycles. The number of imide groups is 1. The number of hydrogen-bond donors (Lipinski definition) is 2. The number of rotatable bonds is 9. The summed E-state index contributed by atoms with van der Waals surface area (Å²) < 4.78 is 31.0. The van der Waals surface area contributed by atoms with Crippen LogP contribution in [-0.4, -0.2) is 47.2 Å². The first-order chi connectivity index (χ1) is 13.4. The minimum absolute atomic E-state index is 0.0899. The van der Waals surface area contributed by atoms with Crippen molar-refractivity contribution in [3.8, 4) is 0 Å². The first-order valence-corrected chi connectivity index (χ1v) is 10.3. The zero-order chi connectivity index (χ0) is 21.0. The van der Waals surface area contributed by atoms with Crippen LogP contribution in [0.5, 0.6) is 0 Å². The zero-order valence-electron chi connectivity index (χ0n) is 16.6. The third-order valence-corrected chi connectivity index (χ3v) is 5.38. The van der Waals surface area contributed by atoms with Crippen LogP contribution in [0.1, 0.15) is 44.6 Å². The van der Waals surface area contributed by atoms with Gasteiger partial charge in [-0.3, -0.25) is 10.1 Å². The van der Waals surface area contributed by atoms with Gasteiger partial charge in [-0.1, -0.05) is 37.3 Å². The molecule has 28 heavy (non-hydrogen) atoms. The molecule has 3 atom stereocenters. The molecule has 0 aliphatic heterocycles. The first kappa shape index (κ1) is 23.8. The van der Waals surface area contributed by atoms with Gasteiger partial charge in [-0.15, -0.1) is 0 Å². The molecule has 2 N–H and O–H groups in total. The van der Waals surface area contributed by atoms with Crippen molar-refractivity contribution in [3.63, 3.8) is 0 Å². The number of nitrogens with zero attached hydrogens (tertiary/aromatic N) is 1. The summed E-state index contributed by atoms with van der Waals surface area (Å²) in [6.07, 6.45) is 5.44. The van der Waals surface area contributed by atoms with Gasteiger partial charge in [-0.2, -0.15) is 12.8 Å². The highest BCUT2D eigenvalue weighted by atomic mass is 32.2. The normalized spacial score (nSPS) is 20.8. The van der Waals surface area contributed by atoms with Gasteiger partial charge >= 0.3 is 16.5 Å². The van der Waals surface area contributed by atoms with Gasteiger partial charge < -0.3 is 10.1 Å². The molecule has 9 heteroatoms. The third-order valence-electron chi connectivity index (χ3n) is 4.95. The molecule has 0 spiro atoms. The molecule has 3 amide bonds. The second kappa shape index (κ2) is 12.2. The Labute approximate surface area is 167 Å². The summed E-state index contributed by atoms with van der Waals surface area (Å²) in [5.74, 6) is 0. The van der Waals surface area contributed by atoms with Crippen molar-refractivity contribution in [1.82, 2.24) is 10.6 Å². The molecule has 0 bridgehead atoms. The van der Waals surface area contributed by atoms with E-state index in [4.69, 9.17) is 4.74 Å². The average Bonchev–Trinajstić information content (AvgIpc) is 3.39. The minimum Gasteiger partial charge on any atom is -0.381 e. The minimum atomic E-state index is -2.32. The second-order valence-corrected chi connectivity index (χ2v) is 7.21. The highest BCUT2D eigenvalue weighted by Gasteiger charge is 2.55. The number of nitrogens with one attached hydrogen (secondary N) is 2. The molecule has 0 heterocycles. The molecule has 1 aliphatic rings. The van der Waals surface area contributed by atoms with Crippen LogP contribution < -0.4 is 10.6 Å². The fourth-order valence-corrected chi connectivity index (χ4v) is 3.77. The smallest absolute Gasteiger partial charge is 0.320 e. The first-order valence-electron chi connectivity index (χ1n) is 9.23. The Morgan fingerprint density at radius 2 is 2.07 bits per heavy atom. The number of carbonyl (C=O) groups is 2. The van der Waals surface area contributed by atoms with Crippen molar-refractivity contribution in [2.45, 2.75) is 56.6 Å². The van der Waals surface area contributed by atoms with E-state index in [1.807, 2.05) is 23.5 Å². The maximum Gasteiger partial charge on any atom is 0.320 e. The van der Waals surface area contributed by atoms with Crippen molar-refractivity contribution >= 4 is 22.9 Å². The van der Waals surface area contributed by atoms with Gasteiger partial charge in [0.25, 0.3) is 0 Å². The fraction of sp³-hybridized carbons (Fsp3) is 0.579. The molecule has 0 aromatic heterocycles. The Morgan fingerprint density at radius 3 is 2.54 bits per heavy atom. The quantitative estimate of drug-likeness (QED) is 0.606. The van der Waals surface area contributed by atoms with Gasteiger partial charge in [0, 0.05) is 19.6 Å². The molecule has 0 radical (unpaired) electrons. The molecule has 156 valence electrons. The summed E-state index contributed by atoms with van der Waals surface area (Å²) in [5.41, 5.74) is 1.11. The topological polar surface area (TPSA) is 114 Å². The summed E-state index contributed by atoms with van der Waals surface area (Å²) >= 11 is 0. The molecule has 8 nitrogen and oxygen atoms in total. The molecule has 2 rings (SSSR count). The molecular weight excluding hydrogens is 382 g/mol. The Balaban J connectivity index is 0.000000480. The lowest BCUT2D eigenvalue weighted by Gasteiger charge is -2.18. The summed E-state index contributed by atoms with van der Waals surface area (Å²) in [5, 5.41) is 4.05. The maximum absolute atomic E-state index is 10.9. The van der Waals surface area contributed by atoms with E-state index >= 15 is 0 Å². The van der Waals surface area contributed by atoms with E-state index in [9.17, 15) is 18.0 Å². The van der Waals surface area contributed by atoms with E-state index in [0.29, 0.717) is 12.5 Å². The van der Waals surface area contributed by atoms with E-state index in [1.54, 1.807) is 7.11 Å². The van der Waals surface area contributed by atoms with Gasteiger partial charge in [0.1, 0.15) is 0 Å². The highest BCUT2D eigenvalue weighted by Crippen LogP contribution is 2.54. The van der Waals surface area contributed by atoms with Crippen molar-refractivity contribution in [2.24, 2.45) is 4.36 Å². The summed E-state index contributed by atoms with van der Waals surface area (Å²) in [6.45, 7) is 2.12. The van der Waals surface area contributed by atoms with Crippen LogP contribution in [0.15, 0.2) is 34.7 Å². The lowest BCUT2D eigenvalue weighted by Crippen LogP contribution is -2.31. The lowest BCUT2D eigenvalue weighted by atomic mass is 9.89. The monoisotopic (exact) mass is 411 g/mol. The summed E-state index contributed by atoms with van der Waals surface area (Å²) in [6, 6.07) is 9.56. The Hall–Kier alpha value is -2.26. The van der Waals surface area contributed by atoms with Crippen molar-refractivity contribution in [3.05, 3.63) is 35.9 Å². The van der Waals surface area contributed by atoms with Crippen LogP contribution >= 0.6 is 0 Å². The van der Waals surface area contributed by atoms with Crippen LogP contribution in [0.2, 0.25) is 0 Å². The Bertz CT molecular complexity index is 742. The molecule has 0 saturated heterocycles. The van der Waals surface area contributed by atoms with Gasteiger partial charge in [0.05, 0.1) is 12.1 Å². The second-order valence-electron chi connectivity index (χ2n) is 6.56. The number of urea groups is 1. The predicted octanol–water partition coefficient (Wildman–Crippen LogP) is 2.43. The molecule has 1 fully saturated rings. The number of carbonyl (C=O) groups excluding carboxylic acids is 2. The molecule has 1 aliphatic carbocycles. The molecular formula is C19H29N3O5S. The summed E-state index contributed by atoms with van der Waals surface area (Å²) in [4.78, 5) is 19.4. The van der Waals surface area contributed by atoms with Gasteiger partial charge in [-0.05, 0) is 37.7 Å². The zero-order valence-corrected chi connectivity index (χ0v) is 17.4. The molecule has 1 aromatic rings. The predicted molar refractivity (Wildman–Crippen MR) is 106 cm³/mol. The van der Waals surface area contributed by atoms with Gasteiger partial charge in [0.15, 0.2) is 0 Å². The van der Waals surface area contributed by atoms with Gasteiger partial charge in [0.2, 0.25) is 6.41 Å². The average molecular weight is 412 g/mol. The third kappa shape index (κ3) is 7.40. The van der Waals surface area contributed by atoms with Crippen LogP contribution in [0.3, 0.4) is 0 Å². The largest absolute Gasteiger partial charge is 0.381 e. The van der Waals surface area contributed by atoms with E-state index in [-0.39, 0.29) is 11.5 Å². The van der Waals surface area contributed by atoms with Crippen LogP contribution in [0.4, 0.5) is 4.79 Å². The number of ether oxygens (including phenoxy) is 1.